The number of likely N-dealkylation sites (N-methyl/N-ethyl adjacent to an activating group) is 1. The Kier molecular flexibility index (Phi) is 3.45. The summed E-state index contributed by atoms with van der Waals surface area (Å²) < 4.78 is 5.78. The van der Waals surface area contributed by atoms with Gasteiger partial charge in [0, 0.05) is 38.6 Å². The molecular formula is C12H16ClN3O. The van der Waals surface area contributed by atoms with Crippen LogP contribution in [0.5, 0.6) is 0 Å². The van der Waals surface area contributed by atoms with Crippen molar-refractivity contribution in [2.24, 2.45) is 5.73 Å². The molecule has 0 spiro atoms. The molecule has 2 aliphatic rings. The first kappa shape index (κ1) is 12.1. The van der Waals surface area contributed by atoms with Crippen LogP contribution in [-0.2, 0) is 4.74 Å². The third-order valence-corrected chi connectivity index (χ3v) is 3.10. The van der Waals surface area contributed by atoms with E-state index in [-0.39, 0.29) is 6.04 Å². The van der Waals surface area contributed by atoms with Gasteiger partial charge in [0.05, 0.1) is 5.03 Å². The summed E-state index contributed by atoms with van der Waals surface area (Å²) in [6.07, 6.45) is 7.62. The molecule has 2 aliphatic heterocycles. The zero-order valence-corrected chi connectivity index (χ0v) is 10.7. The summed E-state index contributed by atoms with van der Waals surface area (Å²) in [5.74, 6) is 1.54. The molecule has 92 valence electrons. The van der Waals surface area contributed by atoms with Crippen molar-refractivity contribution >= 4 is 11.6 Å². The number of allylic oxidation sites excluding steroid dienone is 2. The molecule has 0 radical (unpaired) electrons. The van der Waals surface area contributed by atoms with E-state index in [1.54, 1.807) is 0 Å². The highest BCUT2D eigenvalue weighted by molar-refractivity contribution is 6.31. The van der Waals surface area contributed by atoms with E-state index in [0.717, 1.165) is 17.1 Å². The third-order valence-electron chi connectivity index (χ3n) is 2.78. The average molecular weight is 254 g/mol. The number of nitrogens with zero attached hydrogens (tertiary/aromatic N) is 1. The number of rotatable bonds is 3. The van der Waals surface area contributed by atoms with Crippen LogP contribution in [0.2, 0.25) is 0 Å². The van der Waals surface area contributed by atoms with Gasteiger partial charge in [-0.3, -0.25) is 0 Å². The Bertz CT molecular complexity index is 437. The maximum Gasteiger partial charge on any atom is 0.149 e. The van der Waals surface area contributed by atoms with Gasteiger partial charge in [0.25, 0.3) is 0 Å². The second-order valence-electron chi connectivity index (χ2n) is 3.93. The van der Waals surface area contributed by atoms with Crippen molar-refractivity contribution in [1.29, 1.82) is 0 Å². The predicted molar refractivity (Wildman–Crippen MR) is 68.9 cm³/mol. The van der Waals surface area contributed by atoms with Gasteiger partial charge in [-0.2, -0.15) is 0 Å². The normalized spacial score (nSPS) is 23.5. The molecule has 0 aromatic rings. The van der Waals surface area contributed by atoms with Crippen LogP contribution in [0.3, 0.4) is 0 Å². The molecule has 0 saturated heterocycles. The van der Waals surface area contributed by atoms with Gasteiger partial charge in [0.15, 0.2) is 0 Å². The van der Waals surface area contributed by atoms with Crippen molar-refractivity contribution in [3.63, 3.8) is 0 Å². The SMILES string of the molecule is CN/C=C(\CN)C1=CC2C(=C(Cl)C=CN2C)O1. The monoisotopic (exact) mass is 253 g/mol. The molecule has 2 rings (SSSR count). The fraction of sp³-hybridized carbons (Fsp3) is 0.333. The summed E-state index contributed by atoms with van der Waals surface area (Å²) in [6.45, 7) is 0.418. The van der Waals surface area contributed by atoms with Crippen LogP contribution in [0, 0.1) is 0 Å². The quantitative estimate of drug-likeness (QED) is 0.795. The number of fused-ring (bicyclic) bond motifs is 1. The number of nitrogens with one attached hydrogen (secondary N) is 1. The van der Waals surface area contributed by atoms with E-state index < -0.39 is 0 Å². The van der Waals surface area contributed by atoms with Crippen molar-refractivity contribution in [2.45, 2.75) is 6.04 Å². The van der Waals surface area contributed by atoms with E-state index in [9.17, 15) is 0 Å². The lowest BCUT2D eigenvalue weighted by Crippen LogP contribution is -2.27. The van der Waals surface area contributed by atoms with Crippen LogP contribution < -0.4 is 11.1 Å². The maximum absolute atomic E-state index is 6.11. The molecular weight excluding hydrogens is 238 g/mol. The predicted octanol–water partition coefficient (Wildman–Crippen LogP) is 1.24. The second-order valence-corrected chi connectivity index (χ2v) is 4.34. The van der Waals surface area contributed by atoms with Crippen molar-refractivity contribution in [3.05, 3.63) is 46.7 Å². The van der Waals surface area contributed by atoms with Crippen LogP contribution in [-0.4, -0.2) is 31.6 Å². The molecule has 0 aromatic carbocycles. The van der Waals surface area contributed by atoms with Crippen LogP contribution >= 0.6 is 11.6 Å². The Morgan fingerprint density at radius 1 is 1.71 bits per heavy atom. The van der Waals surface area contributed by atoms with Gasteiger partial charge in [-0.15, -0.1) is 0 Å². The first-order valence-corrected chi connectivity index (χ1v) is 5.81. The Morgan fingerprint density at radius 3 is 3.06 bits per heavy atom. The van der Waals surface area contributed by atoms with E-state index in [4.69, 9.17) is 22.1 Å². The van der Waals surface area contributed by atoms with Gasteiger partial charge in [-0.25, -0.2) is 0 Å². The average Bonchev–Trinajstić information content (AvgIpc) is 2.77. The molecule has 3 N–H and O–H groups in total. The van der Waals surface area contributed by atoms with Gasteiger partial charge in [0.1, 0.15) is 17.6 Å². The van der Waals surface area contributed by atoms with Gasteiger partial charge in [-0.1, -0.05) is 11.6 Å². The van der Waals surface area contributed by atoms with E-state index in [1.807, 2.05) is 43.5 Å². The van der Waals surface area contributed by atoms with E-state index in [2.05, 4.69) is 5.32 Å². The van der Waals surface area contributed by atoms with Gasteiger partial charge >= 0.3 is 0 Å². The van der Waals surface area contributed by atoms with Gasteiger partial charge in [-0.05, 0) is 12.2 Å². The molecule has 0 fully saturated rings. The number of halogens is 1. The zero-order valence-electron chi connectivity index (χ0n) is 9.90. The molecule has 0 aliphatic carbocycles. The third kappa shape index (κ3) is 2.18. The van der Waals surface area contributed by atoms with E-state index in [1.165, 1.54) is 0 Å². The Balaban J connectivity index is 2.29. The molecule has 2 heterocycles. The van der Waals surface area contributed by atoms with Crippen molar-refractivity contribution in [2.75, 3.05) is 20.6 Å². The molecule has 1 unspecified atom stereocenters. The molecule has 0 bridgehead atoms. The second kappa shape index (κ2) is 4.85. The van der Waals surface area contributed by atoms with E-state index in [0.29, 0.717) is 11.6 Å². The Hall–Kier alpha value is -1.39. The largest absolute Gasteiger partial charge is 0.457 e. The molecule has 0 amide bonds. The summed E-state index contributed by atoms with van der Waals surface area (Å²) in [6, 6.07) is 0.0642. The standard InChI is InChI=1S/C12H16ClN3O/c1-15-7-8(6-14)11-5-10-12(17-11)9(13)3-4-16(10)2/h3-5,7,10,15H,6,14H2,1-2H3/b8-7+. The summed E-state index contributed by atoms with van der Waals surface area (Å²) in [5, 5.41) is 3.60. The fourth-order valence-corrected chi connectivity index (χ4v) is 2.07. The molecule has 4 nitrogen and oxygen atoms in total. The molecule has 5 heteroatoms. The van der Waals surface area contributed by atoms with Gasteiger partial charge in [0.2, 0.25) is 0 Å². The molecule has 0 aromatic heterocycles. The summed E-state index contributed by atoms with van der Waals surface area (Å²) >= 11 is 6.11. The topological polar surface area (TPSA) is 50.5 Å². The van der Waals surface area contributed by atoms with Gasteiger partial charge < -0.3 is 20.7 Å². The number of hydrogen-bond acceptors (Lipinski definition) is 4. The van der Waals surface area contributed by atoms with Crippen LogP contribution in [0.4, 0.5) is 0 Å². The minimum absolute atomic E-state index is 0.0642. The maximum atomic E-state index is 6.11. The molecule has 17 heavy (non-hydrogen) atoms. The van der Waals surface area contributed by atoms with Crippen molar-refractivity contribution in [1.82, 2.24) is 10.2 Å². The lowest BCUT2D eigenvalue weighted by molar-refractivity contribution is 0.277. The highest BCUT2D eigenvalue weighted by Gasteiger charge is 2.31. The van der Waals surface area contributed by atoms with Crippen molar-refractivity contribution < 1.29 is 4.74 Å². The fourth-order valence-electron chi connectivity index (χ4n) is 1.86. The Morgan fingerprint density at radius 2 is 2.47 bits per heavy atom. The molecule has 0 saturated carbocycles. The highest BCUT2D eigenvalue weighted by atomic mass is 35.5. The van der Waals surface area contributed by atoms with E-state index >= 15 is 0 Å². The smallest absolute Gasteiger partial charge is 0.149 e. The summed E-state index contributed by atoms with van der Waals surface area (Å²) in [7, 11) is 3.81. The number of nitrogens with two attached hydrogens (primary N) is 1. The molecule has 1 atom stereocenters. The lowest BCUT2D eigenvalue weighted by Gasteiger charge is -2.24. The first-order valence-electron chi connectivity index (χ1n) is 5.43. The zero-order chi connectivity index (χ0) is 12.4. The minimum Gasteiger partial charge on any atom is -0.457 e. The highest BCUT2D eigenvalue weighted by Crippen LogP contribution is 2.35. The van der Waals surface area contributed by atoms with Crippen LogP contribution in [0.15, 0.2) is 46.7 Å². The number of ether oxygens (including phenoxy) is 1. The summed E-state index contributed by atoms with van der Waals surface area (Å²) in [4.78, 5) is 2.04. The Labute approximate surface area is 106 Å². The first-order chi connectivity index (χ1) is 8.17. The van der Waals surface area contributed by atoms with Crippen LogP contribution in [0.1, 0.15) is 0 Å². The number of hydrogen-bond donors (Lipinski definition) is 2. The lowest BCUT2D eigenvalue weighted by atomic mass is 10.1. The van der Waals surface area contributed by atoms with Crippen molar-refractivity contribution in [3.8, 4) is 0 Å². The summed E-state index contributed by atoms with van der Waals surface area (Å²) in [5.41, 5.74) is 6.61. The minimum atomic E-state index is 0.0642. The van der Waals surface area contributed by atoms with Crippen LogP contribution in [0.25, 0.3) is 0 Å².